The molecule has 1 aliphatic rings. The Morgan fingerprint density at radius 3 is 3.04 bits per heavy atom. The molecule has 1 unspecified atom stereocenters. The highest BCUT2D eigenvalue weighted by molar-refractivity contribution is 5.50. The Morgan fingerprint density at radius 2 is 2.24 bits per heavy atom. The van der Waals surface area contributed by atoms with Crippen LogP contribution in [0.5, 0.6) is 5.75 Å². The normalized spacial score (nSPS) is 18.2. The van der Waals surface area contributed by atoms with Gasteiger partial charge in [-0.2, -0.15) is 4.98 Å². The van der Waals surface area contributed by atoms with Crippen molar-refractivity contribution in [2.24, 2.45) is 5.92 Å². The van der Waals surface area contributed by atoms with Crippen LogP contribution in [0.15, 0.2) is 22.9 Å². The molecule has 1 saturated heterocycles. The van der Waals surface area contributed by atoms with E-state index in [4.69, 9.17) is 14.0 Å². The minimum atomic E-state index is 0.213. The third kappa shape index (κ3) is 4.55. The number of methoxy groups -OCH3 is 1. The number of pyridine rings is 1. The van der Waals surface area contributed by atoms with Crippen LogP contribution < -0.4 is 4.74 Å². The van der Waals surface area contributed by atoms with Gasteiger partial charge in [-0.15, -0.1) is 0 Å². The van der Waals surface area contributed by atoms with Gasteiger partial charge in [0, 0.05) is 25.9 Å². The number of rotatable bonds is 8. The second-order valence-electron chi connectivity index (χ2n) is 6.72. The summed E-state index contributed by atoms with van der Waals surface area (Å²) in [4.78, 5) is 11.4. The van der Waals surface area contributed by atoms with E-state index in [0.717, 1.165) is 31.7 Å². The van der Waals surface area contributed by atoms with Crippen LogP contribution in [0.2, 0.25) is 0 Å². The molecule has 2 aromatic heterocycles. The molecule has 0 aliphatic carbocycles. The molecule has 3 heterocycles. The summed E-state index contributed by atoms with van der Waals surface area (Å²) in [7, 11) is 1.65. The number of nitrogens with zero attached hydrogens (tertiary/aromatic N) is 4. The minimum Gasteiger partial charge on any atom is -0.491 e. The second kappa shape index (κ2) is 8.40. The van der Waals surface area contributed by atoms with Gasteiger partial charge in [-0.1, -0.05) is 19.0 Å². The van der Waals surface area contributed by atoms with Crippen LogP contribution in [0, 0.1) is 5.92 Å². The van der Waals surface area contributed by atoms with E-state index in [2.05, 4.69) is 33.9 Å². The van der Waals surface area contributed by atoms with Gasteiger partial charge in [0.1, 0.15) is 18.1 Å². The molecule has 3 rings (SSSR count). The lowest BCUT2D eigenvalue weighted by molar-refractivity contribution is 0.146. The fourth-order valence-corrected chi connectivity index (χ4v) is 3.13. The molecule has 0 N–H and O–H groups in total. The highest BCUT2D eigenvalue weighted by Crippen LogP contribution is 2.32. The van der Waals surface area contributed by atoms with Crippen LogP contribution in [0.4, 0.5) is 0 Å². The molecule has 0 spiro atoms. The number of hydrogen-bond acceptors (Lipinski definition) is 7. The maximum Gasteiger partial charge on any atom is 0.244 e. The van der Waals surface area contributed by atoms with Crippen molar-refractivity contribution >= 4 is 0 Å². The Kier molecular flexibility index (Phi) is 5.99. The minimum absolute atomic E-state index is 0.213. The third-order valence-corrected chi connectivity index (χ3v) is 4.21. The molecule has 0 aromatic carbocycles. The van der Waals surface area contributed by atoms with Crippen LogP contribution >= 0.6 is 0 Å². The molecular formula is C18H26N4O3. The molecule has 25 heavy (non-hydrogen) atoms. The van der Waals surface area contributed by atoms with Crippen molar-refractivity contribution in [3.63, 3.8) is 0 Å². The Morgan fingerprint density at radius 1 is 1.36 bits per heavy atom. The second-order valence-corrected chi connectivity index (χ2v) is 6.72. The molecule has 0 amide bonds. The molecule has 0 bridgehead atoms. The van der Waals surface area contributed by atoms with Gasteiger partial charge in [-0.3, -0.25) is 9.88 Å². The molecule has 0 saturated carbocycles. The predicted octanol–water partition coefficient (Wildman–Crippen LogP) is 2.95. The van der Waals surface area contributed by atoms with E-state index in [1.807, 2.05) is 12.1 Å². The molecule has 0 radical (unpaired) electrons. The summed E-state index contributed by atoms with van der Waals surface area (Å²) < 4.78 is 16.2. The van der Waals surface area contributed by atoms with Gasteiger partial charge in [-0.05, 0) is 31.4 Å². The van der Waals surface area contributed by atoms with Crippen molar-refractivity contribution in [1.29, 1.82) is 0 Å². The topological polar surface area (TPSA) is 73.5 Å². The first-order valence-electron chi connectivity index (χ1n) is 8.83. The monoisotopic (exact) mass is 346 g/mol. The van der Waals surface area contributed by atoms with E-state index in [1.165, 1.54) is 0 Å². The number of ether oxygens (including phenoxy) is 2. The molecule has 7 nitrogen and oxygen atoms in total. The van der Waals surface area contributed by atoms with E-state index >= 15 is 0 Å². The smallest absolute Gasteiger partial charge is 0.244 e. The zero-order chi connectivity index (χ0) is 17.6. The molecule has 1 aliphatic heterocycles. The Bertz CT molecular complexity index is 674. The van der Waals surface area contributed by atoms with E-state index in [-0.39, 0.29) is 6.04 Å². The number of hydrogen-bond donors (Lipinski definition) is 0. The SMILES string of the molecule is COCCOc1ccnc(-c2noc(C3CCCN3CC(C)C)n2)c1. The highest BCUT2D eigenvalue weighted by atomic mass is 16.5. The van der Waals surface area contributed by atoms with Crippen molar-refractivity contribution in [2.45, 2.75) is 32.7 Å². The molecule has 7 heteroatoms. The zero-order valence-electron chi connectivity index (χ0n) is 15.1. The summed E-state index contributed by atoms with van der Waals surface area (Å²) in [6.45, 7) is 7.62. The zero-order valence-corrected chi connectivity index (χ0v) is 15.1. The summed E-state index contributed by atoms with van der Waals surface area (Å²) in [5.41, 5.74) is 0.651. The van der Waals surface area contributed by atoms with Crippen LogP contribution in [-0.2, 0) is 4.74 Å². The lowest BCUT2D eigenvalue weighted by Crippen LogP contribution is -2.27. The first-order valence-corrected chi connectivity index (χ1v) is 8.83. The number of aromatic nitrogens is 3. The molecule has 136 valence electrons. The average Bonchev–Trinajstić information content (AvgIpc) is 3.24. The van der Waals surface area contributed by atoms with Crippen LogP contribution in [0.25, 0.3) is 11.5 Å². The van der Waals surface area contributed by atoms with Gasteiger partial charge in [0.05, 0.1) is 12.6 Å². The Balaban J connectivity index is 1.72. The standard InChI is InChI=1S/C18H26N4O3/c1-13(2)12-22-8-4-5-16(22)18-20-17(21-25-18)15-11-14(6-7-19-15)24-10-9-23-3/h6-7,11,13,16H,4-5,8-10,12H2,1-3H3. The fraction of sp³-hybridized carbons (Fsp3) is 0.611. The van der Waals surface area contributed by atoms with Crippen molar-refractivity contribution in [1.82, 2.24) is 20.0 Å². The summed E-state index contributed by atoms with van der Waals surface area (Å²) in [6, 6.07) is 3.84. The quantitative estimate of drug-likeness (QED) is 0.680. The van der Waals surface area contributed by atoms with Crippen LogP contribution in [0.3, 0.4) is 0 Å². The number of likely N-dealkylation sites (tertiary alicyclic amines) is 1. The van der Waals surface area contributed by atoms with Gasteiger partial charge < -0.3 is 14.0 Å². The first-order chi connectivity index (χ1) is 12.2. The van der Waals surface area contributed by atoms with Crippen molar-refractivity contribution in [3.05, 3.63) is 24.2 Å². The van der Waals surface area contributed by atoms with Crippen molar-refractivity contribution in [3.8, 4) is 17.3 Å². The average molecular weight is 346 g/mol. The van der Waals surface area contributed by atoms with Gasteiger partial charge >= 0.3 is 0 Å². The molecule has 2 aromatic rings. The van der Waals surface area contributed by atoms with Crippen molar-refractivity contribution in [2.75, 3.05) is 33.4 Å². The highest BCUT2D eigenvalue weighted by Gasteiger charge is 2.31. The molecular weight excluding hydrogens is 320 g/mol. The Hall–Kier alpha value is -1.99. The molecule has 1 fully saturated rings. The van der Waals surface area contributed by atoms with Crippen LogP contribution in [0.1, 0.15) is 38.6 Å². The van der Waals surface area contributed by atoms with Crippen LogP contribution in [-0.4, -0.2) is 53.4 Å². The maximum atomic E-state index is 5.62. The van der Waals surface area contributed by atoms with E-state index in [1.54, 1.807) is 13.3 Å². The predicted molar refractivity (Wildman–Crippen MR) is 93.3 cm³/mol. The van der Waals surface area contributed by atoms with E-state index in [9.17, 15) is 0 Å². The third-order valence-electron chi connectivity index (χ3n) is 4.21. The summed E-state index contributed by atoms with van der Waals surface area (Å²) in [5.74, 6) is 2.52. The van der Waals surface area contributed by atoms with Gasteiger partial charge in [-0.25, -0.2) is 0 Å². The summed E-state index contributed by atoms with van der Waals surface area (Å²) in [5, 5.41) is 4.13. The largest absolute Gasteiger partial charge is 0.491 e. The molecule has 1 atom stereocenters. The van der Waals surface area contributed by atoms with Crippen molar-refractivity contribution < 1.29 is 14.0 Å². The van der Waals surface area contributed by atoms with Gasteiger partial charge in [0.15, 0.2) is 0 Å². The Labute approximate surface area is 148 Å². The summed E-state index contributed by atoms with van der Waals surface area (Å²) in [6.07, 6.45) is 3.91. The fourth-order valence-electron chi connectivity index (χ4n) is 3.13. The van der Waals surface area contributed by atoms with E-state index in [0.29, 0.717) is 36.5 Å². The van der Waals surface area contributed by atoms with Gasteiger partial charge in [0.25, 0.3) is 0 Å². The van der Waals surface area contributed by atoms with E-state index < -0.39 is 0 Å². The summed E-state index contributed by atoms with van der Waals surface area (Å²) >= 11 is 0. The van der Waals surface area contributed by atoms with Gasteiger partial charge in [0.2, 0.25) is 11.7 Å². The lowest BCUT2D eigenvalue weighted by Gasteiger charge is -2.23. The first kappa shape index (κ1) is 17.8. The maximum absolute atomic E-state index is 5.62. The lowest BCUT2D eigenvalue weighted by atomic mass is 10.1.